The average Bonchev–Trinajstić information content (AvgIpc) is 2.64. The maximum atomic E-state index is 7.55. The first kappa shape index (κ1) is 22.1. The second-order valence-electron chi connectivity index (χ2n) is 9.72. The number of rotatable bonds is 6. The van der Waals surface area contributed by atoms with Gasteiger partial charge < -0.3 is 16.2 Å². The van der Waals surface area contributed by atoms with Crippen molar-refractivity contribution in [3.8, 4) is 11.3 Å². The zero-order valence-electron chi connectivity index (χ0n) is 18.7. The molecule has 160 valence electrons. The summed E-state index contributed by atoms with van der Waals surface area (Å²) in [5, 5.41) is 20.4. The Kier molecular flexibility index (Phi) is 6.38. The third-order valence-electron chi connectivity index (χ3n) is 5.72. The van der Waals surface area contributed by atoms with E-state index in [2.05, 4.69) is 60.8 Å². The molecule has 1 aromatic carbocycles. The van der Waals surface area contributed by atoms with E-state index in [1.54, 1.807) is 6.20 Å². The molecule has 0 bridgehead atoms. The van der Waals surface area contributed by atoms with Crippen molar-refractivity contribution >= 4 is 11.8 Å². The molecule has 1 aromatic heterocycles. The molecule has 0 spiro atoms. The Morgan fingerprint density at radius 2 is 1.87 bits per heavy atom. The number of nitrogens with two attached hydrogens (primary N) is 1. The molecule has 0 radical (unpaired) electrons. The van der Waals surface area contributed by atoms with Gasteiger partial charge in [-0.05, 0) is 83.1 Å². The van der Waals surface area contributed by atoms with E-state index in [1.807, 2.05) is 25.1 Å². The second-order valence-corrected chi connectivity index (χ2v) is 9.72. The summed E-state index contributed by atoms with van der Waals surface area (Å²) in [7, 11) is 0. The lowest BCUT2D eigenvalue weighted by Crippen LogP contribution is -2.58. The molecule has 0 unspecified atom stereocenters. The number of hydrogen-bond donors (Lipinski definition) is 4. The van der Waals surface area contributed by atoms with Crippen molar-refractivity contribution < 1.29 is 0 Å². The highest BCUT2D eigenvalue weighted by Crippen LogP contribution is 2.34. The molecule has 6 heteroatoms. The van der Waals surface area contributed by atoms with Gasteiger partial charge in [-0.25, -0.2) is 0 Å². The monoisotopic (exact) mass is 406 g/mol. The minimum atomic E-state index is 0.141. The van der Waals surface area contributed by atoms with Crippen LogP contribution in [0, 0.1) is 18.3 Å². The third-order valence-corrected chi connectivity index (χ3v) is 5.72. The molecule has 0 atom stereocenters. The summed E-state index contributed by atoms with van der Waals surface area (Å²) in [6.45, 7) is 11.2. The number of allylic oxidation sites excluding steroid dienone is 1. The molecule has 0 amide bonds. The van der Waals surface area contributed by atoms with E-state index in [4.69, 9.17) is 11.3 Å². The Balaban J connectivity index is 1.76. The minimum Gasteiger partial charge on any atom is -0.331 e. The summed E-state index contributed by atoms with van der Waals surface area (Å²) < 4.78 is 0. The van der Waals surface area contributed by atoms with E-state index in [0.29, 0.717) is 5.92 Å². The summed E-state index contributed by atoms with van der Waals surface area (Å²) in [5.74, 6) is 5.96. The minimum absolute atomic E-state index is 0.141. The van der Waals surface area contributed by atoms with Crippen LogP contribution < -0.4 is 16.6 Å². The van der Waals surface area contributed by atoms with Crippen LogP contribution in [0.1, 0.15) is 57.4 Å². The van der Waals surface area contributed by atoms with Gasteiger partial charge in [-0.15, -0.1) is 0 Å². The van der Waals surface area contributed by atoms with Crippen molar-refractivity contribution in [3.05, 3.63) is 53.4 Å². The Labute approximate surface area is 179 Å². The van der Waals surface area contributed by atoms with Gasteiger partial charge in [0.25, 0.3) is 0 Å². The molecule has 3 rings (SSSR count). The SMILES string of the molecule is Cc1cc(/C(C=N)=C/NN)ccc1-c1ccc(CC2CC(C)(C)NC(C)(C)C2)nn1. The van der Waals surface area contributed by atoms with E-state index >= 15 is 0 Å². The fourth-order valence-corrected chi connectivity index (χ4v) is 5.01. The normalized spacial score (nSPS) is 18.8. The fraction of sp³-hybridized carbons (Fsp3) is 0.458. The van der Waals surface area contributed by atoms with Gasteiger partial charge in [0.05, 0.1) is 11.4 Å². The van der Waals surface area contributed by atoms with E-state index in [1.165, 1.54) is 6.21 Å². The van der Waals surface area contributed by atoms with Crippen molar-refractivity contribution in [1.29, 1.82) is 5.41 Å². The molecule has 6 nitrogen and oxygen atoms in total. The highest BCUT2D eigenvalue weighted by Gasteiger charge is 2.37. The quantitative estimate of drug-likeness (QED) is 0.330. The standard InChI is InChI=1S/C24H34N6/c1-16-10-18(19(14-25)15-27-26)6-8-21(16)22-9-7-20(28-29-22)11-17-12-23(2,3)30-24(4,5)13-17/h6-10,14-15,17,25,27,30H,11-13,26H2,1-5H3/b19-15+,25-14?. The smallest absolute Gasteiger partial charge is 0.0932 e. The molecule has 1 aliphatic rings. The maximum Gasteiger partial charge on any atom is 0.0932 e. The number of nitrogens with zero attached hydrogens (tertiary/aromatic N) is 2. The predicted octanol–water partition coefficient (Wildman–Crippen LogP) is 4.01. The van der Waals surface area contributed by atoms with Gasteiger partial charge in [0.2, 0.25) is 0 Å². The first-order chi connectivity index (χ1) is 14.1. The average molecular weight is 407 g/mol. The van der Waals surface area contributed by atoms with E-state index < -0.39 is 0 Å². The van der Waals surface area contributed by atoms with Crippen molar-refractivity contribution in [2.75, 3.05) is 0 Å². The molecule has 1 fully saturated rings. The molecule has 30 heavy (non-hydrogen) atoms. The second kappa shape index (κ2) is 8.66. The Bertz CT molecular complexity index is 911. The number of hydrogen-bond acceptors (Lipinski definition) is 6. The molecular weight excluding hydrogens is 372 g/mol. The van der Waals surface area contributed by atoms with E-state index in [-0.39, 0.29) is 11.1 Å². The number of nitrogens with one attached hydrogen (secondary N) is 3. The van der Waals surface area contributed by atoms with Gasteiger partial charge in [0, 0.05) is 34.6 Å². The maximum absolute atomic E-state index is 7.55. The van der Waals surface area contributed by atoms with Crippen LogP contribution in [0.5, 0.6) is 0 Å². The van der Waals surface area contributed by atoms with Crippen LogP contribution in [-0.4, -0.2) is 27.5 Å². The molecule has 1 aliphatic heterocycles. The summed E-state index contributed by atoms with van der Waals surface area (Å²) >= 11 is 0. The van der Waals surface area contributed by atoms with Crippen LogP contribution in [0.3, 0.4) is 0 Å². The number of piperidine rings is 1. The van der Waals surface area contributed by atoms with Crippen LogP contribution in [0.15, 0.2) is 36.5 Å². The summed E-state index contributed by atoms with van der Waals surface area (Å²) in [5.41, 5.74) is 8.48. The summed E-state index contributed by atoms with van der Waals surface area (Å²) in [4.78, 5) is 0. The third kappa shape index (κ3) is 5.32. The lowest BCUT2D eigenvalue weighted by Gasteiger charge is -2.46. The zero-order valence-corrected chi connectivity index (χ0v) is 18.7. The molecule has 0 aliphatic carbocycles. The summed E-state index contributed by atoms with van der Waals surface area (Å²) in [6, 6.07) is 10.2. The van der Waals surface area contributed by atoms with E-state index in [9.17, 15) is 0 Å². The number of benzene rings is 1. The van der Waals surface area contributed by atoms with Gasteiger partial charge in [0.1, 0.15) is 0 Å². The van der Waals surface area contributed by atoms with Gasteiger partial charge >= 0.3 is 0 Å². The van der Waals surface area contributed by atoms with Crippen molar-refractivity contribution in [1.82, 2.24) is 20.9 Å². The van der Waals surface area contributed by atoms with Crippen LogP contribution in [0.2, 0.25) is 0 Å². The lowest BCUT2D eigenvalue weighted by atomic mass is 9.74. The molecule has 5 N–H and O–H groups in total. The largest absolute Gasteiger partial charge is 0.331 e. The Hall–Kier alpha value is -2.57. The molecule has 2 heterocycles. The van der Waals surface area contributed by atoms with Crippen molar-refractivity contribution in [2.24, 2.45) is 11.8 Å². The van der Waals surface area contributed by atoms with Gasteiger partial charge in [-0.3, -0.25) is 5.84 Å². The first-order valence-electron chi connectivity index (χ1n) is 10.5. The number of hydrazine groups is 1. The number of aryl methyl sites for hydroxylation is 1. The molecule has 1 saturated heterocycles. The lowest BCUT2D eigenvalue weighted by molar-refractivity contribution is 0.128. The van der Waals surface area contributed by atoms with Crippen LogP contribution in [-0.2, 0) is 6.42 Å². The molecule has 2 aromatic rings. The first-order valence-corrected chi connectivity index (χ1v) is 10.5. The topological polar surface area (TPSA) is 99.7 Å². The fourth-order valence-electron chi connectivity index (χ4n) is 5.01. The number of aromatic nitrogens is 2. The predicted molar refractivity (Wildman–Crippen MR) is 124 cm³/mol. The summed E-state index contributed by atoms with van der Waals surface area (Å²) in [6.07, 6.45) is 6.13. The molecule has 0 saturated carbocycles. The van der Waals surface area contributed by atoms with Crippen LogP contribution >= 0.6 is 0 Å². The Morgan fingerprint density at radius 1 is 1.17 bits per heavy atom. The molecular formula is C24H34N6. The van der Waals surface area contributed by atoms with Crippen molar-refractivity contribution in [2.45, 2.75) is 65.0 Å². The highest BCUT2D eigenvalue weighted by molar-refractivity contribution is 6.08. The Morgan fingerprint density at radius 3 is 2.40 bits per heavy atom. The zero-order chi connectivity index (χ0) is 21.9. The van der Waals surface area contributed by atoms with Gasteiger partial charge in [0.15, 0.2) is 0 Å². The van der Waals surface area contributed by atoms with E-state index in [0.717, 1.165) is 52.9 Å². The van der Waals surface area contributed by atoms with Crippen LogP contribution in [0.25, 0.3) is 16.8 Å². The van der Waals surface area contributed by atoms with Gasteiger partial charge in [-0.2, -0.15) is 10.2 Å². The van der Waals surface area contributed by atoms with Crippen LogP contribution in [0.4, 0.5) is 0 Å². The van der Waals surface area contributed by atoms with Gasteiger partial charge in [-0.1, -0.05) is 18.2 Å². The highest BCUT2D eigenvalue weighted by atomic mass is 15.2. The van der Waals surface area contributed by atoms with Crippen molar-refractivity contribution in [3.63, 3.8) is 0 Å².